The molecule has 1 saturated carbocycles. The van der Waals surface area contributed by atoms with Gasteiger partial charge in [0.05, 0.1) is 30.4 Å². The van der Waals surface area contributed by atoms with E-state index in [1.807, 2.05) is 0 Å². The topological polar surface area (TPSA) is 99.5 Å². The summed E-state index contributed by atoms with van der Waals surface area (Å²) in [6, 6.07) is 4.61. The van der Waals surface area contributed by atoms with Gasteiger partial charge in [-0.15, -0.1) is 0 Å². The SMILES string of the molecule is COC(=O)c1ccc2cnn(CC(=O)NOC3CCCC3)c(=O)c2c1. The van der Waals surface area contributed by atoms with Crippen LogP contribution in [0.15, 0.2) is 29.2 Å². The number of esters is 1. The predicted octanol–water partition coefficient (Wildman–Crippen LogP) is 1.17. The first-order valence-electron chi connectivity index (χ1n) is 8.11. The number of hydrogen-bond acceptors (Lipinski definition) is 6. The molecule has 0 radical (unpaired) electrons. The molecular formula is C17H19N3O5. The summed E-state index contributed by atoms with van der Waals surface area (Å²) in [4.78, 5) is 41.4. The number of amides is 1. The lowest BCUT2D eigenvalue weighted by Crippen LogP contribution is -2.35. The Morgan fingerprint density at radius 2 is 2.08 bits per heavy atom. The van der Waals surface area contributed by atoms with E-state index >= 15 is 0 Å². The van der Waals surface area contributed by atoms with E-state index in [9.17, 15) is 14.4 Å². The summed E-state index contributed by atoms with van der Waals surface area (Å²) >= 11 is 0. The van der Waals surface area contributed by atoms with Crippen molar-refractivity contribution >= 4 is 22.6 Å². The molecule has 0 bridgehead atoms. The first-order valence-corrected chi connectivity index (χ1v) is 8.11. The van der Waals surface area contributed by atoms with Gasteiger partial charge in [-0.2, -0.15) is 5.10 Å². The maximum atomic E-state index is 12.5. The molecule has 1 amide bonds. The van der Waals surface area contributed by atoms with Gasteiger partial charge in [0.2, 0.25) is 0 Å². The third kappa shape index (κ3) is 3.85. The minimum absolute atomic E-state index is 0.0350. The molecule has 2 aromatic rings. The maximum absolute atomic E-state index is 12.5. The lowest BCUT2D eigenvalue weighted by Gasteiger charge is -2.12. The zero-order valence-electron chi connectivity index (χ0n) is 13.9. The Hall–Kier alpha value is -2.74. The zero-order chi connectivity index (χ0) is 17.8. The van der Waals surface area contributed by atoms with E-state index in [2.05, 4.69) is 15.3 Å². The Morgan fingerprint density at radius 1 is 1.32 bits per heavy atom. The van der Waals surface area contributed by atoms with Crippen LogP contribution >= 0.6 is 0 Å². The number of carbonyl (C=O) groups is 2. The molecule has 1 aromatic heterocycles. The van der Waals surface area contributed by atoms with Gasteiger partial charge in [-0.05, 0) is 25.0 Å². The molecule has 1 heterocycles. The second-order valence-electron chi connectivity index (χ2n) is 5.95. The van der Waals surface area contributed by atoms with E-state index in [1.165, 1.54) is 19.4 Å². The number of carbonyl (C=O) groups excluding carboxylic acids is 2. The van der Waals surface area contributed by atoms with Crippen LogP contribution in [0.2, 0.25) is 0 Å². The van der Waals surface area contributed by atoms with Crippen LogP contribution in [0, 0.1) is 0 Å². The monoisotopic (exact) mass is 345 g/mol. The van der Waals surface area contributed by atoms with Crippen molar-refractivity contribution in [1.82, 2.24) is 15.3 Å². The smallest absolute Gasteiger partial charge is 0.337 e. The lowest BCUT2D eigenvalue weighted by molar-refractivity contribution is -0.139. The van der Waals surface area contributed by atoms with Crippen LogP contribution in [0.4, 0.5) is 0 Å². The molecule has 1 aliphatic carbocycles. The molecular weight excluding hydrogens is 326 g/mol. The molecule has 1 aromatic carbocycles. The maximum Gasteiger partial charge on any atom is 0.337 e. The van der Waals surface area contributed by atoms with Crippen molar-refractivity contribution in [3.63, 3.8) is 0 Å². The van der Waals surface area contributed by atoms with E-state index in [0.29, 0.717) is 10.8 Å². The fourth-order valence-electron chi connectivity index (χ4n) is 2.86. The number of ether oxygens (including phenoxy) is 1. The number of rotatable bonds is 5. The molecule has 0 saturated heterocycles. The van der Waals surface area contributed by atoms with Gasteiger partial charge in [-0.3, -0.25) is 14.4 Å². The molecule has 0 spiro atoms. The Kier molecular flexibility index (Phi) is 5.08. The average Bonchev–Trinajstić information content (AvgIpc) is 3.15. The Balaban J connectivity index is 1.76. The summed E-state index contributed by atoms with van der Waals surface area (Å²) in [6.07, 6.45) is 5.54. The summed E-state index contributed by atoms with van der Waals surface area (Å²) in [7, 11) is 1.27. The molecule has 8 nitrogen and oxygen atoms in total. The molecule has 0 atom stereocenters. The van der Waals surface area contributed by atoms with Gasteiger partial charge in [0.1, 0.15) is 6.54 Å². The van der Waals surface area contributed by atoms with Crippen molar-refractivity contribution < 1.29 is 19.2 Å². The van der Waals surface area contributed by atoms with Gasteiger partial charge >= 0.3 is 5.97 Å². The highest BCUT2D eigenvalue weighted by molar-refractivity contribution is 5.94. The minimum atomic E-state index is -0.535. The third-order valence-corrected chi connectivity index (χ3v) is 4.21. The summed E-state index contributed by atoms with van der Waals surface area (Å²) in [5.74, 6) is -0.989. The van der Waals surface area contributed by atoms with Gasteiger partial charge < -0.3 is 4.74 Å². The number of methoxy groups -OCH3 is 1. The highest BCUT2D eigenvalue weighted by atomic mass is 16.7. The van der Waals surface area contributed by atoms with E-state index in [0.717, 1.165) is 30.4 Å². The zero-order valence-corrected chi connectivity index (χ0v) is 13.9. The van der Waals surface area contributed by atoms with Gasteiger partial charge in [-0.25, -0.2) is 15.0 Å². The molecule has 1 N–H and O–H groups in total. The van der Waals surface area contributed by atoms with Crippen molar-refractivity contribution in [3.05, 3.63) is 40.3 Å². The number of nitrogens with zero attached hydrogens (tertiary/aromatic N) is 2. The van der Waals surface area contributed by atoms with Crippen molar-refractivity contribution in [2.75, 3.05) is 7.11 Å². The second kappa shape index (κ2) is 7.43. The van der Waals surface area contributed by atoms with Crippen LogP contribution in [-0.4, -0.2) is 34.9 Å². The van der Waals surface area contributed by atoms with Crippen molar-refractivity contribution in [2.45, 2.75) is 38.3 Å². The first kappa shape index (κ1) is 17.1. The molecule has 8 heteroatoms. The normalized spacial score (nSPS) is 14.6. The molecule has 1 fully saturated rings. The van der Waals surface area contributed by atoms with Gasteiger partial charge in [-0.1, -0.05) is 18.9 Å². The third-order valence-electron chi connectivity index (χ3n) is 4.21. The Morgan fingerprint density at radius 3 is 2.80 bits per heavy atom. The Labute approximate surface area is 143 Å². The van der Waals surface area contributed by atoms with E-state index in [-0.39, 0.29) is 18.2 Å². The van der Waals surface area contributed by atoms with E-state index < -0.39 is 17.4 Å². The fourth-order valence-corrected chi connectivity index (χ4v) is 2.86. The lowest BCUT2D eigenvalue weighted by atomic mass is 10.1. The minimum Gasteiger partial charge on any atom is -0.465 e. The number of hydrogen-bond donors (Lipinski definition) is 1. The number of nitrogens with one attached hydrogen (secondary N) is 1. The molecule has 0 aliphatic heterocycles. The average molecular weight is 345 g/mol. The predicted molar refractivity (Wildman–Crippen MR) is 88.8 cm³/mol. The summed E-state index contributed by atoms with van der Waals surface area (Å²) in [5, 5.41) is 4.87. The van der Waals surface area contributed by atoms with Gasteiger partial charge in [0.25, 0.3) is 11.5 Å². The molecule has 25 heavy (non-hydrogen) atoms. The standard InChI is InChI=1S/C17H19N3O5/c1-24-17(23)11-6-7-12-9-18-20(16(22)14(12)8-11)10-15(21)19-25-13-4-2-3-5-13/h6-9,13H,2-5,10H2,1H3,(H,19,21). The van der Waals surface area contributed by atoms with Crippen LogP contribution < -0.4 is 11.0 Å². The fraction of sp³-hybridized carbons (Fsp3) is 0.412. The van der Waals surface area contributed by atoms with E-state index in [1.54, 1.807) is 12.1 Å². The quantitative estimate of drug-likeness (QED) is 0.645. The summed E-state index contributed by atoms with van der Waals surface area (Å²) < 4.78 is 5.69. The van der Waals surface area contributed by atoms with Gasteiger partial charge in [0, 0.05) is 5.39 Å². The van der Waals surface area contributed by atoms with Crippen LogP contribution in [0.1, 0.15) is 36.0 Å². The largest absolute Gasteiger partial charge is 0.465 e. The van der Waals surface area contributed by atoms with Crippen LogP contribution in [0.5, 0.6) is 0 Å². The van der Waals surface area contributed by atoms with Crippen molar-refractivity contribution in [1.29, 1.82) is 0 Å². The molecule has 3 rings (SSSR count). The van der Waals surface area contributed by atoms with Crippen LogP contribution in [-0.2, 0) is 20.9 Å². The van der Waals surface area contributed by atoms with Crippen molar-refractivity contribution in [2.24, 2.45) is 0 Å². The number of fused-ring (bicyclic) bond motifs is 1. The van der Waals surface area contributed by atoms with Crippen LogP contribution in [0.3, 0.4) is 0 Å². The highest BCUT2D eigenvalue weighted by Gasteiger charge is 2.17. The number of hydroxylamine groups is 1. The number of benzene rings is 1. The highest BCUT2D eigenvalue weighted by Crippen LogP contribution is 2.19. The molecule has 1 aliphatic rings. The number of aromatic nitrogens is 2. The summed E-state index contributed by atoms with van der Waals surface area (Å²) in [6.45, 7) is -0.260. The second-order valence-corrected chi connectivity index (χ2v) is 5.95. The molecule has 0 unspecified atom stereocenters. The molecule has 132 valence electrons. The van der Waals surface area contributed by atoms with Gasteiger partial charge in [0.15, 0.2) is 0 Å². The van der Waals surface area contributed by atoms with Crippen molar-refractivity contribution in [3.8, 4) is 0 Å². The summed E-state index contributed by atoms with van der Waals surface area (Å²) in [5.41, 5.74) is 2.18. The Bertz CT molecular complexity index is 855. The van der Waals surface area contributed by atoms with E-state index in [4.69, 9.17) is 4.84 Å². The van der Waals surface area contributed by atoms with Crippen LogP contribution in [0.25, 0.3) is 10.8 Å². The first-order chi connectivity index (χ1) is 12.1.